The minimum absolute atomic E-state index is 0.107. The summed E-state index contributed by atoms with van der Waals surface area (Å²) in [6.45, 7) is 1.31. The lowest BCUT2D eigenvalue weighted by molar-refractivity contribution is -0.122. The summed E-state index contributed by atoms with van der Waals surface area (Å²) in [4.78, 5) is 40.6. The summed E-state index contributed by atoms with van der Waals surface area (Å²) < 4.78 is 30.3. The number of aromatic nitrogens is 4. The van der Waals surface area contributed by atoms with E-state index in [1.807, 2.05) is 0 Å². The van der Waals surface area contributed by atoms with Crippen molar-refractivity contribution in [2.75, 3.05) is 0 Å². The van der Waals surface area contributed by atoms with Crippen molar-refractivity contribution >= 4 is 17.1 Å². The third-order valence-electron chi connectivity index (χ3n) is 4.34. The van der Waals surface area contributed by atoms with E-state index in [1.54, 1.807) is 6.92 Å². The van der Waals surface area contributed by atoms with Gasteiger partial charge in [0, 0.05) is 25.7 Å². The molecule has 3 aromatic rings. The second-order valence-corrected chi connectivity index (χ2v) is 6.21. The maximum Gasteiger partial charge on any atom is 0.332 e. The summed E-state index contributed by atoms with van der Waals surface area (Å²) in [6.07, 6.45) is 1.29. The van der Waals surface area contributed by atoms with Gasteiger partial charge >= 0.3 is 5.69 Å². The van der Waals surface area contributed by atoms with Gasteiger partial charge < -0.3 is 9.88 Å². The van der Waals surface area contributed by atoms with Crippen LogP contribution in [0, 0.1) is 11.6 Å². The maximum atomic E-state index is 13.8. The molecule has 142 valence electrons. The zero-order chi connectivity index (χ0) is 19.9. The lowest BCUT2D eigenvalue weighted by atomic mass is 10.1. The number of hydrogen-bond donors (Lipinski definition) is 1. The van der Waals surface area contributed by atoms with E-state index in [0.717, 1.165) is 16.7 Å². The molecule has 1 N–H and O–H groups in total. The Morgan fingerprint density at radius 2 is 1.93 bits per heavy atom. The van der Waals surface area contributed by atoms with Crippen molar-refractivity contribution in [1.82, 2.24) is 24.0 Å². The number of nitrogens with one attached hydrogen (secondary N) is 1. The molecule has 0 saturated carbocycles. The highest BCUT2D eigenvalue weighted by Gasteiger charge is 2.18. The van der Waals surface area contributed by atoms with Gasteiger partial charge in [0.25, 0.3) is 5.56 Å². The zero-order valence-electron chi connectivity index (χ0n) is 14.9. The van der Waals surface area contributed by atoms with E-state index in [9.17, 15) is 23.2 Å². The Bertz CT molecular complexity index is 1160. The van der Waals surface area contributed by atoms with Crippen LogP contribution in [0.4, 0.5) is 8.78 Å². The van der Waals surface area contributed by atoms with Crippen LogP contribution in [0.15, 0.2) is 34.1 Å². The monoisotopic (exact) mass is 377 g/mol. The summed E-state index contributed by atoms with van der Waals surface area (Å²) in [6, 6.07) is 2.40. The van der Waals surface area contributed by atoms with Gasteiger partial charge in [-0.2, -0.15) is 0 Å². The van der Waals surface area contributed by atoms with Crippen molar-refractivity contribution in [3.63, 3.8) is 0 Å². The summed E-state index contributed by atoms with van der Waals surface area (Å²) in [5.41, 5.74) is -0.693. The Kier molecular flexibility index (Phi) is 4.64. The van der Waals surface area contributed by atoms with Gasteiger partial charge in [0.05, 0.1) is 12.4 Å². The maximum absolute atomic E-state index is 13.8. The number of amides is 1. The van der Waals surface area contributed by atoms with Gasteiger partial charge in [-0.25, -0.2) is 18.6 Å². The Balaban J connectivity index is 1.86. The van der Waals surface area contributed by atoms with Crippen LogP contribution >= 0.6 is 0 Å². The molecule has 0 saturated heterocycles. The molecule has 3 rings (SSSR count). The van der Waals surface area contributed by atoms with E-state index < -0.39 is 34.8 Å². The van der Waals surface area contributed by atoms with Crippen molar-refractivity contribution in [3.05, 3.63) is 62.6 Å². The number of halogens is 2. The minimum Gasteiger partial charge on any atom is -0.348 e. The number of rotatable bonds is 4. The average molecular weight is 377 g/mol. The standard InChI is InChI=1S/C17H17F2N5O3/c1-9(11-5-4-10(18)6-12(11)19)21-13(25)7-24-8-20-15-14(24)16(26)23(3)17(27)22(15)2/h4-6,8-9H,7H2,1-3H3,(H,21,25). The molecule has 0 radical (unpaired) electrons. The Morgan fingerprint density at radius 3 is 2.59 bits per heavy atom. The predicted octanol–water partition coefficient (Wildman–Crippen LogP) is 0.589. The molecule has 10 heteroatoms. The molecule has 1 amide bonds. The number of imidazole rings is 1. The van der Waals surface area contributed by atoms with E-state index in [4.69, 9.17) is 0 Å². The molecule has 0 bridgehead atoms. The first kappa shape index (κ1) is 18.5. The summed E-state index contributed by atoms with van der Waals surface area (Å²) in [5.74, 6) is -1.97. The van der Waals surface area contributed by atoms with Crippen LogP contribution in [0.1, 0.15) is 18.5 Å². The van der Waals surface area contributed by atoms with E-state index in [2.05, 4.69) is 10.3 Å². The lowest BCUT2D eigenvalue weighted by Crippen LogP contribution is -2.38. The molecule has 1 unspecified atom stereocenters. The van der Waals surface area contributed by atoms with Crippen LogP contribution in [0.25, 0.3) is 11.2 Å². The second kappa shape index (κ2) is 6.78. The topological polar surface area (TPSA) is 90.9 Å². The van der Waals surface area contributed by atoms with E-state index >= 15 is 0 Å². The summed E-state index contributed by atoms with van der Waals surface area (Å²) >= 11 is 0. The fourth-order valence-corrected chi connectivity index (χ4v) is 2.89. The smallest absolute Gasteiger partial charge is 0.332 e. The van der Waals surface area contributed by atoms with Crippen LogP contribution in [0.3, 0.4) is 0 Å². The highest BCUT2D eigenvalue weighted by atomic mass is 19.1. The molecular weight excluding hydrogens is 360 g/mol. The van der Waals surface area contributed by atoms with Gasteiger partial charge in [-0.3, -0.25) is 18.7 Å². The largest absolute Gasteiger partial charge is 0.348 e. The molecule has 0 aliphatic carbocycles. The van der Waals surface area contributed by atoms with Crippen LogP contribution in [-0.2, 0) is 25.4 Å². The highest BCUT2D eigenvalue weighted by molar-refractivity contribution is 5.79. The molecule has 2 heterocycles. The Morgan fingerprint density at radius 1 is 1.22 bits per heavy atom. The number of carbonyl (C=O) groups excluding carboxylic acids is 1. The Hall–Kier alpha value is -3.30. The van der Waals surface area contributed by atoms with Crippen molar-refractivity contribution in [3.8, 4) is 0 Å². The van der Waals surface area contributed by atoms with Gasteiger partial charge in [-0.1, -0.05) is 6.07 Å². The number of aryl methyl sites for hydroxylation is 1. The SMILES string of the molecule is CC(NC(=O)Cn1cnc2c1c(=O)n(C)c(=O)n2C)c1ccc(F)cc1F. The summed E-state index contributed by atoms with van der Waals surface area (Å²) in [7, 11) is 2.81. The molecule has 0 spiro atoms. The number of hydrogen-bond acceptors (Lipinski definition) is 4. The normalized spacial score (nSPS) is 12.3. The molecule has 1 atom stereocenters. The average Bonchev–Trinajstić information content (AvgIpc) is 3.01. The van der Waals surface area contributed by atoms with Crippen LogP contribution < -0.4 is 16.6 Å². The molecule has 8 nitrogen and oxygen atoms in total. The molecule has 27 heavy (non-hydrogen) atoms. The first-order chi connectivity index (χ1) is 12.7. The molecular formula is C17H17F2N5O3. The minimum atomic E-state index is -0.764. The molecule has 0 fully saturated rings. The number of fused-ring (bicyclic) bond motifs is 1. The first-order valence-corrected chi connectivity index (χ1v) is 8.06. The highest BCUT2D eigenvalue weighted by Crippen LogP contribution is 2.17. The zero-order valence-corrected chi connectivity index (χ0v) is 14.9. The number of nitrogens with zero attached hydrogens (tertiary/aromatic N) is 4. The third-order valence-corrected chi connectivity index (χ3v) is 4.34. The van der Waals surface area contributed by atoms with Crippen molar-refractivity contribution < 1.29 is 13.6 Å². The van der Waals surface area contributed by atoms with Gasteiger partial charge in [0.1, 0.15) is 18.2 Å². The fraction of sp³-hybridized carbons (Fsp3) is 0.294. The lowest BCUT2D eigenvalue weighted by Gasteiger charge is -2.15. The first-order valence-electron chi connectivity index (χ1n) is 8.06. The van der Waals surface area contributed by atoms with Crippen LogP contribution in [0.5, 0.6) is 0 Å². The van der Waals surface area contributed by atoms with E-state index in [1.165, 1.54) is 35.6 Å². The van der Waals surface area contributed by atoms with Crippen LogP contribution in [0.2, 0.25) is 0 Å². The number of benzene rings is 1. The van der Waals surface area contributed by atoms with Gasteiger partial charge in [0.2, 0.25) is 5.91 Å². The van der Waals surface area contributed by atoms with E-state index in [-0.39, 0.29) is 23.3 Å². The van der Waals surface area contributed by atoms with Crippen LogP contribution in [-0.4, -0.2) is 24.6 Å². The third kappa shape index (κ3) is 3.25. The number of carbonyl (C=O) groups is 1. The van der Waals surface area contributed by atoms with Crippen molar-refractivity contribution in [2.45, 2.75) is 19.5 Å². The van der Waals surface area contributed by atoms with Crippen molar-refractivity contribution in [1.29, 1.82) is 0 Å². The molecule has 0 aliphatic heterocycles. The Labute approximate surface area is 151 Å². The second-order valence-electron chi connectivity index (χ2n) is 6.21. The van der Waals surface area contributed by atoms with Gasteiger partial charge in [-0.15, -0.1) is 0 Å². The van der Waals surface area contributed by atoms with Crippen molar-refractivity contribution in [2.24, 2.45) is 14.1 Å². The van der Waals surface area contributed by atoms with E-state index in [0.29, 0.717) is 0 Å². The van der Waals surface area contributed by atoms with Gasteiger partial charge in [-0.05, 0) is 13.0 Å². The summed E-state index contributed by atoms with van der Waals surface area (Å²) in [5, 5.41) is 2.59. The fourth-order valence-electron chi connectivity index (χ4n) is 2.89. The predicted molar refractivity (Wildman–Crippen MR) is 93.1 cm³/mol. The molecule has 1 aromatic carbocycles. The quantitative estimate of drug-likeness (QED) is 0.721. The molecule has 2 aromatic heterocycles. The molecule has 0 aliphatic rings. The van der Waals surface area contributed by atoms with Gasteiger partial charge in [0.15, 0.2) is 11.2 Å².